The van der Waals surface area contributed by atoms with E-state index in [2.05, 4.69) is 4.98 Å². The summed E-state index contributed by atoms with van der Waals surface area (Å²) in [6.07, 6.45) is -0.143. The van der Waals surface area contributed by atoms with Gasteiger partial charge in [-0.1, -0.05) is 6.92 Å². The molecule has 1 aromatic rings. The van der Waals surface area contributed by atoms with E-state index < -0.39 is 6.29 Å². The van der Waals surface area contributed by atoms with E-state index in [9.17, 15) is 9.90 Å². The van der Waals surface area contributed by atoms with E-state index >= 15 is 0 Å². The van der Waals surface area contributed by atoms with Gasteiger partial charge in [0.25, 0.3) is 5.56 Å². The van der Waals surface area contributed by atoms with Crippen LogP contribution in [0.3, 0.4) is 0 Å². The molecule has 1 aliphatic rings. The number of fused-ring (bicyclic) bond motifs is 1. The first-order valence-corrected chi connectivity index (χ1v) is 7.26. The first-order valence-electron chi connectivity index (χ1n) is 7.26. The van der Waals surface area contributed by atoms with Crippen LogP contribution in [0.5, 0.6) is 0 Å². The number of nitrogens with zero attached hydrogens (tertiary/aromatic N) is 4. The van der Waals surface area contributed by atoms with Crippen LogP contribution in [0.2, 0.25) is 0 Å². The van der Waals surface area contributed by atoms with Crippen molar-refractivity contribution in [2.75, 3.05) is 42.6 Å². The van der Waals surface area contributed by atoms with Gasteiger partial charge in [-0.2, -0.15) is 4.98 Å². The molecule has 0 fully saturated rings. The minimum Gasteiger partial charge on any atom is -1.00 e. The monoisotopic (exact) mass is 440 g/mol. The molecule has 2 heterocycles. The molecule has 2 rings (SSSR count). The molecule has 0 spiro atoms. The third-order valence-corrected chi connectivity index (χ3v) is 3.47. The Hall–Kier alpha value is -1.11. The van der Waals surface area contributed by atoms with Gasteiger partial charge in [0.15, 0.2) is 12.1 Å². The Morgan fingerprint density at radius 1 is 1.48 bits per heavy atom. The van der Waals surface area contributed by atoms with Crippen molar-refractivity contribution >= 4 is 17.5 Å². The molecule has 1 unspecified atom stereocenters. The van der Waals surface area contributed by atoms with Gasteiger partial charge in [-0.15, -0.1) is 0 Å². The molecule has 0 radical (unpaired) electrons. The van der Waals surface area contributed by atoms with Gasteiger partial charge in [-0.3, -0.25) is 9.36 Å². The van der Waals surface area contributed by atoms with E-state index in [1.165, 1.54) is 4.57 Å². The standard InChI is InChI=1S/C13H23N5O4.HI/c1-3-5-18-12(21)10-11(15-13(18)14)17(7-16(10)2)8-22-9(20)4-6-19;/h9,19-20H,3-8H2,1-2H3,(H2,14,15);1H/p-1. The number of hydrogen-bond donors (Lipinski definition) is 3. The fourth-order valence-corrected chi connectivity index (χ4v) is 2.41. The van der Waals surface area contributed by atoms with Crippen molar-refractivity contribution < 1.29 is 38.9 Å². The maximum Gasteiger partial charge on any atom is 0.280 e. The minimum atomic E-state index is -1.06. The Bertz CT molecular complexity index is 582. The lowest BCUT2D eigenvalue weighted by atomic mass is 10.4. The lowest BCUT2D eigenvalue weighted by Crippen LogP contribution is -3.00. The number of nitrogen functional groups attached to an aromatic ring is 1. The molecule has 1 atom stereocenters. The van der Waals surface area contributed by atoms with Crippen LogP contribution in [0.4, 0.5) is 17.5 Å². The van der Waals surface area contributed by atoms with Crippen LogP contribution in [-0.2, 0) is 11.3 Å². The van der Waals surface area contributed by atoms with Crippen LogP contribution in [0.15, 0.2) is 4.79 Å². The van der Waals surface area contributed by atoms with Gasteiger partial charge < -0.3 is 54.5 Å². The second-order valence-electron chi connectivity index (χ2n) is 5.24. The fourth-order valence-electron chi connectivity index (χ4n) is 2.41. The highest BCUT2D eigenvalue weighted by Crippen LogP contribution is 2.30. The van der Waals surface area contributed by atoms with E-state index in [-0.39, 0.29) is 55.2 Å². The van der Waals surface area contributed by atoms with Gasteiger partial charge in [0.2, 0.25) is 5.95 Å². The molecule has 0 bridgehead atoms. The molecule has 0 aromatic carbocycles. The molecule has 0 saturated carbocycles. The summed E-state index contributed by atoms with van der Waals surface area (Å²) in [5, 5.41) is 18.3. The average Bonchev–Trinajstić information content (AvgIpc) is 2.77. The number of aliphatic hydroxyl groups excluding tert-OH is 2. The van der Waals surface area contributed by atoms with Crippen LogP contribution >= 0.6 is 0 Å². The molecule has 10 heteroatoms. The zero-order chi connectivity index (χ0) is 16.3. The number of anilines is 3. The molecular formula is C13H23IN5O4-. The van der Waals surface area contributed by atoms with Crippen LogP contribution in [0.1, 0.15) is 19.8 Å². The van der Waals surface area contributed by atoms with Gasteiger partial charge in [0.05, 0.1) is 6.67 Å². The lowest BCUT2D eigenvalue weighted by Gasteiger charge is -2.20. The van der Waals surface area contributed by atoms with E-state index in [0.29, 0.717) is 24.7 Å². The summed E-state index contributed by atoms with van der Waals surface area (Å²) < 4.78 is 6.69. The molecule has 23 heavy (non-hydrogen) atoms. The highest BCUT2D eigenvalue weighted by Gasteiger charge is 2.30. The summed E-state index contributed by atoms with van der Waals surface area (Å²) in [4.78, 5) is 20.3. The topological polar surface area (TPSA) is 117 Å². The smallest absolute Gasteiger partial charge is 0.280 e. The van der Waals surface area contributed by atoms with Gasteiger partial charge in [0.1, 0.15) is 12.4 Å². The number of hydrogen-bond acceptors (Lipinski definition) is 8. The zero-order valence-electron chi connectivity index (χ0n) is 13.3. The van der Waals surface area contributed by atoms with Crippen molar-refractivity contribution in [1.29, 1.82) is 0 Å². The summed E-state index contributed by atoms with van der Waals surface area (Å²) in [7, 11) is 1.79. The fraction of sp³-hybridized carbons (Fsp3) is 0.692. The molecular weight excluding hydrogens is 417 g/mol. The van der Waals surface area contributed by atoms with E-state index in [1.54, 1.807) is 16.8 Å². The molecule has 0 aliphatic carbocycles. The number of halogens is 1. The van der Waals surface area contributed by atoms with Gasteiger partial charge in [0, 0.05) is 26.6 Å². The second-order valence-corrected chi connectivity index (χ2v) is 5.24. The van der Waals surface area contributed by atoms with Gasteiger partial charge in [-0.05, 0) is 6.42 Å². The summed E-state index contributed by atoms with van der Waals surface area (Å²) in [5.74, 6) is 0.621. The summed E-state index contributed by atoms with van der Waals surface area (Å²) in [6.45, 7) is 2.79. The number of ether oxygens (including phenoxy) is 1. The number of nitrogens with two attached hydrogens (primary N) is 1. The zero-order valence-corrected chi connectivity index (χ0v) is 15.4. The molecule has 1 aliphatic heterocycles. The predicted octanol–water partition coefficient (Wildman–Crippen LogP) is -3.87. The molecule has 132 valence electrons. The Morgan fingerprint density at radius 3 is 2.78 bits per heavy atom. The van der Waals surface area contributed by atoms with Gasteiger partial charge in [-0.25, -0.2) is 0 Å². The maximum absolute atomic E-state index is 12.5. The molecule has 1 aromatic heterocycles. The third kappa shape index (κ3) is 4.25. The highest BCUT2D eigenvalue weighted by atomic mass is 127. The minimum absolute atomic E-state index is 0. The van der Waals surface area contributed by atoms with Crippen molar-refractivity contribution in [2.24, 2.45) is 0 Å². The largest absolute Gasteiger partial charge is 1.00 e. The summed E-state index contributed by atoms with van der Waals surface area (Å²) >= 11 is 0. The van der Waals surface area contributed by atoms with Crippen molar-refractivity contribution in [3.63, 3.8) is 0 Å². The predicted molar refractivity (Wildman–Crippen MR) is 82.6 cm³/mol. The lowest BCUT2D eigenvalue weighted by molar-refractivity contribution is -0.108. The molecule has 0 amide bonds. The summed E-state index contributed by atoms with van der Waals surface area (Å²) in [5.41, 5.74) is 6.17. The van der Waals surface area contributed by atoms with Crippen molar-refractivity contribution in [1.82, 2.24) is 9.55 Å². The van der Waals surface area contributed by atoms with Crippen LogP contribution in [-0.4, -0.2) is 53.1 Å². The van der Waals surface area contributed by atoms with E-state index in [1.807, 2.05) is 6.92 Å². The molecule has 9 nitrogen and oxygen atoms in total. The average molecular weight is 440 g/mol. The second kappa shape index (κ2) is 8.66. The third-order valence-electron chi connectivity index (χ3n) is 3.47. The Kier molecular flexibility index (Phi) is 7.51. The van der Waals surface area contributed by atoms with Crippen molar-refractivity contribution in [2.45, 2.75) is 32.6 Å². The summed E-state index contributed by atoms with van der Waals surface area (Å²) in [6, 6.07) is 0. The van der Waals surface area contributed by atoms with Gasteiger partial charge >= 0.3 is 0 Å². The number of aliphatic hydroxyl groups is 2. The quantitative estimate of drug-likeness (QED) is 0.292. The van der Waals surface area contributed by atoms with Crippen LogP contribution in [0, 0.1) is 0 Å². The first kappa shape index (κ1) is 19.9. The highest BCUT2D eigenvalue weighted by molar-refractivity contribution is 5.72. The number of aromatic nitrogens is 2. The SMILES string of the molecule is CCCn1c(N)nc2c(c1=O)N(C)CN2COC(O)CCO.[I-]. The first-order chi connectivity index (χ1) is 10.5. The Balaban J connectivity index is 0.00000264. The van der Waals surface area contributed by atoms with Crippen molar-refractivity contribution in [3.8, 4) is 0 Å². The Morgan fingerprint density at radius 2 is 2.17 bits per heavy atom. The van der Waals surface area contributed by atoms with Crippen molar-refractivity contribution in [3.05, 3.63) is 10.4 Å². The van der Waals surface area contributed by atoms with E-state index in [4.69, 9.17) is 15.6 Å². The normalized spacial score (nSPS) is 14.6. The maximum atomic E-state index is 12.5. The van der Waals surface area contributed by atoms with Crippen LogP contribution in [0.25, 0.3) is 0 Å². The molecule has 4 N–H and O–H groups in total. The molecule has 0 saturated heterocycles. The Labute approximate surface area is 151 Å². The number of rotatable bonds is 7. The van der Waals surface area contributed by atoms with Crippen LogP contribution < -0.4 is 45.1 Å². The van der Waals surface area contributed by atoms with E-state index in [0.717, 1.165) is 6.42 Å².